The van der Waals surface area contributed by atoms with Gasteiger partial charge in [-0.2, -0.15) is 0 Å². The van der Waals surface area contributed by atoms with Gasteiger partial charge in [0.2, 0.25) is 6.79 Å². The zero-order valence-electron chi connectivity index (χ0n) is 13.0. The van der Waals surface area contributed by atoms with Gasteiger partial charge in [-0.25, -0.2) is 0 Å². The molecule has 0 radical (unpaired) electrons. The van der Waals surface area contributed by atoms with Crippen LogP contribution in [0.15, 0.2) is 18.2 Å². The van der Waals surface area contributed by atoms with E-state index >= 15 is 0 Å². The number of hydrogen-bond donors (Lipinski definition) is 0. The zero-order valence-corrected chi connectivity index (χ0v) is 13.0. The Hall–Kier alpha value is -1.30. The Labute approximate surface area is 131 Å². The second-order valence-corrected chi connectivity index (χ2v) is 6.43. The fraction of sp³-hybridized carbons (Fsp3) is 0.647. The van der Waals surface area contributed by atoms with Crippen molar-refractivity contribution in [2.45, 2.75) is 38.0 Å². The molecule has 1 spiro atoms. The highest BCUT2D eigenvalue weighted by molar-refractivity contribution is 5.44. The maximum Gasteiger partial charge on any atom is 0.231 e. The van der Waals surface area contributed by atoms with E-state index in [1.54, 1.807) is 0 Å². The molecular weight excluding hydrogens is 282 g/mol. The summed E-state index contributed by atoms with van der Waals surface area (Å²) < 4.78 is 22.6. The molecule has 2 saturated heterocycles. The molecule has 0 saturated carbocycles. The smallest absolute Gasteiger partial charge is 0.231 e. The van der Waals surface area contributed by atoms with Gasteiger partial charge in [-0.15, -0.1) is 0 Å². The van der Waals surface area contributed by atoms with Gasteiger partial charge in [0.15, 0.2) is 11.5 Å². The maximum atomic E-state index is 6.05. The molecule has 0 aliphatic carbocycles. The molecule has 4 rings (SSSR count). The molecule has 5 nitrogen and oxygen atoms in total. The number of nitrogens with zero attached hydrogens (tertiary/aromatic N) is 1. The fourth-order valence-corrected chi connectivity index (χ4v) is 3.76. The van der Waals surface area contributed by atoms with Gasteiger partial charge in [-0.3, -0.25) is 4.90 Å². The van der Waals surface area contributed by atoms with Crippen LogP contribution in [0.3, 0.4) is 0 Å². The van der Waals surface area contributed by atoms with Crippen LogP contribution in [0.25, 0.3) is 0 Å². The molecule has 3 aliphatic heterocycles. The van der Waals surface area contributed by atoms with E-state index in [1.165, 1.54) is 5.56 Å². The van der Waals surface area contributed by atoms with Crippen molar-refractivity contribution in [1.29, 1.82) is 0 Å². The predicted molar refractivity (Wildman–Crippen MR) is 81.2 cm³/mol. The quantitative estimate of drug-likeness (QED) is 0.853. The largest absolute Gasteiger partial charge is 0.454 e. The highest BCUT2D eigenvalue weighted by atomic mass is 16.7. The lowest BCUT2D eigenvalue weighted by atomic mass is 9.84. The minimum atomic E-state index is 0.0222. The first-order chi connectivity index (χ1) is 10.8. The molecule has 22 heavy (non-hydrogen) atoms. The van der Waals surface area contributed by atoms with Crippen molar-refractivity contribution in [2.24, 2.45) is 0 Å². The molecule has 5 heteroatoms. The molecule has 1 aromatic rings. The number of ether oxygens (including phenoxy) is 4. The first-order valence-electron chi connectivity index (χ1n) is 8.13. The Kier molecular flexibility index (Phi) is 3.72. The van der Waals surface area contributed by atoms with Crippen LogP contribution in [0.4, 0.5) is 0 Å². The molecule has 1 aromatic carbocycles. The lowest BCUT2D eigenvalue weighted by Gasteiger charge is -2.53. The van der Waals surface area contributed by atoms with E-state index in [0.29, 0.717) is 12.9 Å². The Morgan fingerprint density at radius 3 is 3.00 bits per heavy atom. The van der Waals surface area contributed by atoms with Gasteiger partial charge in [0, 0.05) is 39.3 Å². The van der Waals surface area contributed by atoms with Crippen molar-refractivity contribution in [1.82, 2.24) is 4.90 Å². The molecule has 0 N–H and O–H groups in total. The summed E-state index contributed by atoms with van der Waals surface area (Å²) in [6.07, 6.45) is 2.42. The van der Waals surface area contributed by atoms with E-state index in [2.05, 4.69) is 24.0 Å². The van der Waals surface area contributed by atoms with E-state index < -0.39 is 0 Å². The van der Waals surface area contributed by atoms with Crippen molar-refractivity contribution >= 4 is 0 Å². The number of hydrogen-bond acceptors (Lipinski definition) is 5. The molecule has 0 aromatic heterocycles. The van der Waals surface area contributed by atoms with Crippen LogP contribution < -0.4 is 9.47 Å². The first-order valence-corrected chi connectivity index (χ1v) is 8.13. The summed E-state index contributed by atoms with van der Waals surface area (Å²) in [5.41, 5.74) is 1.28. The van der Waals surface area contributed by atoms with Crippen LogP contribution in [-0.4, -0.2) is 49.7 Å². The SMILES string of the molecule is CCO[C@@H]1CCOC2(C1)CN(Cc1ccc3c(c1)OCO3)C2. The van der Waals surface area contributed by atoms with Gasteiger partial charge < -0.3 is 18.9 Å². The fourth-order valence-electron chi connectivity index (χ4n) is 3.76. The summed E-state index contributed by atoms with van der Waals surface area (Å²) in [6, 6.07) is 6.19. The number of fused-ring (bicyclic) bond motifs is 1. The van der Waals surface area contributed by atoms with Crippen LogP contribution in [0.5, 0.6) is 11.5 Å². The average Bonchev–Trinajstić information content (AvgIpc) is 2.94. The summed E-state index contributed by atoms with van der Waals surface area (Å²) in [6.45, 7) is 6.92. The Bertz CT molecular complexity index is 539. The first kappa shape index (κ1) is 14.3. The van der Waals surface area contributed by atoms with E-state index in [9.17, 15) is 0 Å². The van der Waals surface area contributed by atoms with E-state index in [1.807, 2.05) is 6.07 Å². The highest BCUT2D eigenvalue weighted by Gasteiger charge is 2.47. The molecule has 0 amide bonds. The minimum Gasteiger partial charge on any atom is -0.454 e. The van der Waals surface area contributed by atoms with Crippen LogP contribution >= 0.6 is 0 Å². The van der Waals surface area contributed by atoms with Gasteiger partial charge in [0.05, 0.1) is 11.7 Å². The van der Waals surface area contributed by atoms with Crippen LogP contribution in [0.1, 0.15) is 25.3 Å². The molecule has 3 aliphatic rings. The second kappa shape index (κ2) is 5.72. The van der Waals surface area contributed by atoms with Crippen molar-refractivity contribution in [2.75, 3.05) is 33.1 Å². The van der Waals surface area contributed by atoms with Gasteiger partial charge in [0.25, 0.3) is 0 Å². The molecule has 3 heterocycles. The standard InChI is InChI=1S/C17H23NO4/c1-2-19-14-5-6-22-17(8-14)10-18(11-17)9-13-3-4-15-16(7-13)21-12-20-15/h3-4,7,14H,2,5-6,8-12H2,1H3/t14-/m1/s1. The van der Waals surface area contributed by atoms with Gasteiger partial charge >= 0.3 is 0 Å². The average molecular weight is 305 g/mol. The Balaban J connectivity index is 1.33. The zero-order chi connectivity index (χ0) is 15.0. The lowest BCUT2D eigenvalue weighted by Crippen LogP contribution is -2.65. The third-order valence-electron chi connectivity index (χ3n) is 4.72. The lowest BCUT2D eigenvalue weighted by molar-refractivity contribution is -0.198. The van der Waals surface area contributed by atoms with Crippen molar-refractivity contribution in [3.05, 3.63) is 23.8 Å². The molecule has 2 fully saturated rings. The monoisotopic (exact) mass is 305 g/mol. The normalized spacial score (nSPS) is 26.1. The summed E-state index contributed by atoms with van der Waals surface area (Å²) in [7, 11) is 0. The molecule has 0 bridgehead atoms. The van der Waals surface area contributed by atoms with E-state index in [-0.39, 0.29) is 5.60 Å². The summed E-state index contributed by atoms with van der Waals surface area (Å²) in [5, 5.41) is 0. The van der Waals surface area contributed by atoms with Crippen LogP contribution in [0, 0.1) is 0 Å². The van der Waals surface area contributed by atoms with E-state index in [0.717, 1.165) is 57.2 Å². The van der Waals surface area contributed by atoms with Gasteiger partial charge in [-0.05, 0) is 31.0 Å². The van der Waals surface area contributed by atoms with E-state index in [4.69, 9.17) is 18.9 Å². The van der Waals surface area contributed by atoms with Crippen molar-refractivity contribution in [3.63, 3.8) is 0 Å². The summed E-state index contributed by atoms with van der Waals surface area (Å²) in [4.78, 5) is 2.42. The highest BCUT2D eigenvalue weighted by Crippen LogP contribution is 2.37. The molecule has 1 atom stereocenters. The maximum absolute atomic E-state index is 6.05. The number of rotatable bonds is 4. The van der Waals surface area contributed by atoms with Crippen molar-refractivity contribution in [3.8, 4) is 11.5 Å². The molecular formula is C17H23NO4. The molecule has 0 unspecified atom stereocenters. The summed E-state index contributed by atoms with van der Waals surface area (Å²) >= 11 is 0. The molecule has 120 valence electrons. The van der Waals surface area contributed by atoms with Crippen molar-refractivity contribution < 1.29 is 18.9 Å². The van der Waals surface area contributed by atoms with Gasteiger partial charge in [-0.1, -0.05) is 6.07 Å². The van der Waals surface area contributed by atoms with Crippen LogP contribution in [-0.2, 0) is 16.0 Å². The predicted octanol–water partition coefficient (Wildman–Crippen LogP) is 2.19. The Morgan fingerprint density at radius 1 is 1.27 bits per heavy atom. The number of likely N-dealkylation sites (tertiary alicyclic amines) is 1. The Morgan fingerprint density at radius 2 is 2.14 bits per heavy atom. The van der Waals surface area contributed by atoms with Crippen LogP contribution in [0.2, 0.25) is 0 Å². The third kappa shape index (κ3) is 2.69. The second-order valence-electron chi connectivity index (χ2n) is 6.43. The number of benzene rings is 1. The summed E-state index contributed by atoms with van der Waals surface area (Å²) in [5.74, 6) is 1.71. The third-order valence-corrected chi connectivity index (χ3v) is 4.72. The minimum absolute atomic E-state index is 0.0222. The topological polar surface area (TPSA) is 40.2 Å². The van der Waals surface area contributed by atoms with Gasteiger partial charge in [0.1, 0.15) is 0 Å².